The van der Waals surface area contributed by atoms with Crippen molar-refractivity contribution in [2.75, 3.05) is 31.2 Å². The van der Waals surface area contributed by atoms with E-state index in [0.29, 0.717) is 13.0 Å². The summed E-state index contributed by atoms with van der Waals surface area (Å²) < 4.78 is 11.0. The number of hydrogen-bond acceptors (Lipinski definition) is 5. The molecule has 1 aliphatic heterocycles. The normalized spacial score (nSPS) is 14.4. The molecule has 146 valence electrons. The molecule has 1 aromatic carbocycles. The highest BCUT2D eigenvalue weighted by molar-refractivity contribution is 5.87. The van der Waals surface area contributed by atoms with Crippen molar-refractivity contribution >= 4 is 22.7 Å². The Bertz CT molecular complexity index is 943. The smallest absolute Gasteiger partial charge is 0.224 e. The zero-order valence-corrected chi connectivity index (χ0v) is 16.1. The van der Waals surface area contributed by atoms with Crippen molar-refractivity contribution < 1.29 is 13.9 Å². The predicted octanol–water partition coefficient (Wildman–Crippen LogP) is 3.09. The molecule has 1 saturated heterocycles. The number of benzene rings is 1. The lowest BCUT2D eigenvalue weighted by Gasteiger charge is -2.27. The highest BCUT2D eigenvalue weighted by atomic mass is 16.5. The van der Waals surface area contributed by atoms with Crippen LogP contribution in [0.3, 0.4) is 0 Å². The largest absolute Gasteiger partial charge is 0.464 e. The molecular weight excluding hydrogens is 354 g/mol. The first-order chi connectivity index (χ1) is 13.7. The van der Waals surface area contributed by atoms with Crippen LogP contribution in [0.5, 0.6) is 0 Å². The summed E-state index contributed by atoms with van der Waals surface area (Å²) in [5.41, 5.74) is 3.96. The van der Waals surface area contributed by atoms with Crippen LogP contribution in [0.25, 0.3) is 11.0 Å². The van der Waals surface area contributed by atoms with E-state index >= 15 is 0 Å². The molecule has 3 aromatic rings. The van der Waals surface area contributed by atoms with Gasteiger partial charge in [0.1, 0.15) is 11.4 Å². The third-order valence-electron chi connectivity index (χ3n) is 5.11. The highest BCUT2D eigenvalue weighted by Crippen LogP contribution is 2.23. The average Bonchev–Trinajstić information content (AvgIpc) is 3.15. The first kappa shape index (κ1) is 18.5. The Hall–Kier alpha value is -2.86. The van der Waals surface area contributed by atoms with Crippen LogP contribution in [0.4, 0.5) is 5.82 Å². The van der Waals surface area contributed by atoms with Crippen LogP contribution in [0.15, 0.2) is 47.2 Å². The average molecular weight is 379 g/mol. The molecule has 2 aromatic heterocycles. The maximum atomic E-state index is 12.4. The van der Waals surface area contributed by atoms with Crippen LogP contribution in [0.1, 0.15) is 23.6 Å². The molecule has 1 aliphatic rings. The third kappa shape index (κ3) is 4.17. The molecule has 6 nitrogen and oxygen atoms in total. The predicted molar refractivity (Wildman–Crippen MR) is 108 cm³/mol. The van der Waals surface area contributed by atoms with Gasteiger partial charge in [-0.05, 0) is 29.7 Å². The van der Waals surface area contributed by atoms with Gasteiger partial charge in [0.2, 0.25) is 5.91 Å². The molecule has 0 aliphatic carbocycles. The van der Waals surface area contributed by atoms with Gasteiger partial charge in [-0.15, -0.1) is 0 Å². The van der Waals surface area contributed by atoms with Gasteiger partial charge in [-0.1, -0.05) is 25.1 Å². The van der Waals surface area contributed by atoms with Gasteiger partial charge in [-0.3, -0.25) is 4.79 Å². The number of furan rings is 1. The quantitative estimate of drug-likeness (QED) is 0.713. The summed E-state index contributed by atoms with van der Waals surface area (Å²) in [5.74, 6) is 0.925. The number of ether oxygens (including phenoxy) is 1. The van der Waals surface area contributed by atoms with Crippen molar-refractivity contribution in [2.24, 2.45) is 0 Å². The molecule has 0 spiro atoms. The van der Waals surface area contributed by atoms with E-state index in [2.05, 4.69) is 28.2 Å². The number of nitrogens with zero attached hydrogens (tertiary/aromatic N) is 2. The Kier molecular flexibility index (Phi) is 5.58. The molecule has 0 radical (unpaired) electrons. The molecule has 1 N–H and O–H groups in total. The number of pyridine rings is 1. The third-order valence-corrected chi connectivity index (χ3v) is 5.11. The molecule has 3 heterocycles. The molecule has 6 heteroatoms. The molecule has 0 atom stereocenters. The fourth-order valence-corrected chi connectivity index (χ4v) is 3.42. The number of carbonyl (C=O) groups is 1. The van der Waals surface area contributed by atoms with Crippen LogP contribution >= 0.6 is 0 Å². The summed E-state index contributed by atoms with van der Waals surface area (Å²) >= 11 is 0. The molecular formula is C22H25N3O3. The Morgan fingerprint density at radius 3 is 2.75 bits per heavy atom. The lowest BCUT2D eigenvalue weighted by atomic mass is 10.1. The number of nitrogens with one attached hydrogen (secondary N) is 1. The van der Waals surface area contributed by atoms with Crippen molar-refractivity contribution in [2.45, 2.75) is 26.3 Å². The Morgan fingerprint density at radius 1 is 1.18 bits per heavy atom. The van der Waals surface area contributed by atoms with E-state index in [0.717, 1.165) is 60.6 Å². The molecule has 28 heavy (non-hydrogen) atoms. The number of rotatable bonds is 6. The summed E-state index contributed by atoms with van der Waals surface area (Å²) in [4.78, 5) is 19.1. The second kappa shape index (κ2) is 8.44. The van der Waals surface area contributed by atoms with Crippen LogP contribution in [-0.4, -0.2) is 37.2 Å². The van der Waals surface area contributed by atoms with E-state index in [1.165, 1.54) is 5.56 Å². The zero-order valence-electron chi connectivity index (χ0n) is 16.1. The van der Waals surface area contributed by atoms with Crippen molar-refractivity contribution in [1.82, 2.24) is 10.3 Å². The number of anilines is 1. The van der Waals surface area contributed by atoms with Gasteiger partial charge < -0.3 is 19.4 Å². The molecule has 1 amide bonds. The van der Waals surface area contributed by atoms with Crippen molar-refractivity contribution in [3.05, 3.63) is 59.5 Å². The summed E-state index contributed by atoms with van der Waals surface area (Å²) in [7, 11) is 0. The van der Waals surface area contributed by atoms with Gasteiger partial charge in [0.15, 0.2) is 0 Å². The van der Waals surface area contributed by atoms with Crippen molar-refractivity contribution in [1.29, 1.82) is 0 Å². The van der Waals surface area contributed by atoms with Crippen LogP contribution in [0.2, 0.25) is 0 Å². The first-order valence-corrected chi connectivity index (χ1v) is 9.76. The van der Waals surface area contributed by atoms with E-state index in [1.807, 2.05) is 30.5 Å². The van der Waals surface area contributed by atoms with Crippen molar-refractivity contribution in [3.8, 4) is 0 Å². The Balaban J connectivity index is 1.33. The maximum Gasteiger partial charge on any atom is 0.224 e. The number of fused-ring (bicyclic) bond motifs is 1. The monoisotopic (exact) mass is 379 g/mol. The summed E-state index contributed by atoms with van der Waals surface area (Å²) in [6.45, 7) is 5.78. The molecule has 0 saturated carbocycles. The zero-order chi connectivity index (χ0) is 19.3. The molecule has 0 bridgehead atoms. The first-order valence-electron chi connectivity index (χ1n) is 9.76. The van der Waals surface area contributed by atoms with Gasteiger partial charge in [0.05, 0.1) is 25.9 Å². The maximum absolute atomic E-state index is 12.4. The van der Waals surface area contributed by atoms with Crippen LogP contribution in [0, 0.1) is 0 Å². The topological polar surface area (TPSA) is 67.6 Å². The van der Waals surface area contributed by atoms with E-state index in [4.69, 9.17) is 9.15 Å². The van der Waals surface area contributed by atoms with E-state index in [-0.39, 0.29) is 5.91 Å². The Morgan fingerprint density at radius 2 is 2.00 bits per heavy atom. The fraction of sp³-hybridized carbons (Fsp3) is 0.364. The Labute approximate surface area is 164 Å². The fourth-order valence-electron chi connectivity index (χ4n) is 3.42. The molecule has 4 rings (SSSR count). The van der Waals surface area contributed by atoms with E-state index in [1.54, 1.807) is 6.26 Å². The highest BCUT2D eigenvalue weighted by Gasteiger charge is 2.13. The lowest BCUT2D eigenvalue weighted by molar-refractivity contribution is -0.120. The van der Waals surface area contributed by atoms with E-state index < -0.39 is 0 Å². The summed E-state index contributed by atoms with van der Waals surface area (Å²) in [6, 6.07) is 10.2. The van der Waals surface area contributed by atoms with Gasteiger partial charge in [-0.25, -0.2) is 4.98 Å². The summed E-state index contributed by atoms with van der Waals surface area (Å²) in [6.07, 6.45) is 4.77. The van der Waals surface area contributed by atoms with Crippen LogP contribution in [-0.2, 0) is 28.9 Å². The van der Waals surface area contributed by atoms with Gasteiger partial charge in [0.25, 0.3) is 0 Å². The standard InChI is InChI=1S/C22H25N3O3/c1-2-16-3-5-19-18(15-28-20(19)11-16)12-22(26)24-14-17-4-6-21(23-13-17)25-7-9-27-10-8-25/h3-6,11,13,15H,2,7-10,12,14H2,1H3,(H,24,26). The number of morpholine rings is 1. The van der Waals surface area contributed by atoms with Crippen molar-refractivity contribution in [3.63, 3.8) is 0 Å². The summed E-state index contributed by atoms with van der Waals surface area (Å²) in [5, 5.41) is 3.97. The lowest BCUT2D eigenvalue weighted by Crippen LogP contribution is -2.36. The minimum absolute atomic E-state index is 0.0282. The number of amides is 1. The van der Waals surface area contributed by atoms with Gasteiger partial charge >= 0.3 is 0 Å². The number of carbonyl (C=O) groups excluding carboxylic acids is 1. The number of hydrogen-bond donors (Lipinski definition) is 1. The second-order valence-corrected chi connectivity index (χ2v) is 7.02. The SMILES string of the molecule is CCc1ccc2c(CC(=O)NCc3ccc(N4CCOCC4)nc3)coc2c1. The minimum atomic E-state index is -0.0282. The van der Waals surface area contributed by atoms with E-state index in [9.17, 15) is 4.79 Å². The number of aryl methyl sites for hydroxylation is 1. The molecule has 0 unspecified atom stereocenters. The van der Waals surface area contributed by atoms with Gasteiger partial charge in [-0.2, -0.15) is 0 Å². The second-order valence-electron chi connectivity index (χ2n) is 7.02. The van der Waals surface area contributed by atoms with Crippen LogP contribution < -0.4 is 10.2 Å². The minimum Gasteiger partial charge on any atom is -0.464 e. The number of aromatic nitrogens is 1. The van der Waals surface area contributed by atoms with Gasteiger partial charge in [0, 0.05) is 36.8 Å². The molecule has 1 fully saturated rings.